The van der Waals surface area contributed by atoms with Crippen molar-refractivity contribution in [1.82, 2.24) is 4.90 Å². The fraction of sp³-hybridized carbons (Fsp3) is 1.00. The van der Waals surface area contributed by atoms with Gasteiger partial charge in [-0.05, 0) is 0 Å². The zero-order chi connectivity index (χ0) is 15.0. The molecule has 0 aliphatic heterocycles. The summed E-state index contributed by atoms with van der Waals surface area (Å²) in [6.45, 7) is 1.75. The first-order valence-corrected chi connectivity index (χ1v) is 5.80. The Morgan fingerprint density at radius 1 is 0.719 bits per heavy atom. The zero-order valence-corrected chi connectivity index (χ0v) is 29.0. The molecule has 190 valence electrons. The van der Waals surface area contributed by atoms with E-state index in [4.69, 9.17) is 43.9 Å². The number of rotatable bonds is 6. The Morgan fingerprint density at radius 2 is 0.812 bits per heavy atom. The van der Waals surface area contributed by atoms with Crippen LogP contribution in [0.5, 0.6) is 0 Å². The molecule has 32 heavy (non-hydrogen) atoms. The monoisotopic (exact) mass is 653 g/mol. The number of hydrogen-bond donors (Lipinski definition) is 3. The Labute approximate surface area is 277 Å². The van der Waals surface area contributed by atoms with E-state index in [-0.39, 0.29) is 197 Å². The van der Waals surface area contributed by atoms with Crippen LogP contribution in [-0.2, 0) is 29.9 Å². The Bertz CT molecular complexity index is 313. The summed E-state index contributed by atoms with van der Waals surface area (Å²) in [6.07, 6.45) is 0. The molecule has 26 heteroatoms. The number of nitrogens with zero attached hydrogens (tertiary/aromatic N) is 4. The average molecular weight is 656 g/mol. The predicted molar refractivity (Wildman–Crippen MR) is 96.5 cm³/mol. The van der Waals surface area contributed by atoms with Crippen molar-refractivity contribution in [3.05, 3.63) is 16.0 Å². The molecule has 0 unspecified atom stereocenters. The van der Waals surface area contributed by atoms with Gasteiger partial charge in [0.25, 0.3) is 0 Å². The van der Waals surface area contributed by atoms with Crippen molar-refractivity contribution in [1.29, 1.82) is 0 Å². The maximum absolute atomic E-state index is 8.52. The molecule has 0 aliphatic rings. The van der Waals surface area contributed by atoms with Crippen LogP contribution in [0.25, 0.3) is 16.0 Å². The third-order valence-corrected chi connectivity index (χ3v) is 1.25. The summed E-state index contributed by atoms with van der Waals surface area (Å²) >= 11 is 0. The minimum absolute atomic E-state index is 0. The van der Waals surface area contributed by atoms with Crippen molar-refractivity contribution in [3.8, 4) is 0 Å². The van der Waals surface area contributed by atoms with Crippen LogP contribution in [0.3, 0.4) is 0 Å². The SMILES string of the molecule is Cl.O.O.O.O.O.O.O.O=S(=O)([O-])[O-].OCCN(CCO)CCO.[Cl-].[Cl-].[Mg+2].[N-]=[N+]=[N-].[Na+].[Na+].[Zn+2]. The summed E-state index contributed by atoms with van der Waals surface area (Å²) in [5.41, 5.74) is 13.5. The Balaban J connectivity index is -0.00000000626. The van der Waals surface area contributed by atoms with Gasteiger partial charge in [0.2, 0.25) is 0 Å². The van der Waals surface area contributed by atoms with Gasteiger partial charge in [-0.3, -0.25) is 18.2 Å². The molecule has 0 saturated heterocycles. The normalized spacial score (nSPS) is 5.44. The van der Waals surface area contributed by atoms with E-state index in [1.807, 2.05) is 0 Å². The molecule has 0 fully saturated rings. The summed E-state index contributed by atoms with van der Waals surface area (Å²) in [5, 5.41) is 25.5. The quantitative estimate of drug-likeness (QED) is 0.0613. The molecule has 0 aliphatic carbocycles. The molecule has 0 aromatic rings. The average Bonchev–Trinajstić information content (AvgIpc) is 2.17. The Kier molecular flexibility index (Phi) is 400. The molecule has 0 amide bonds. The molecule has 18 nitrogen and oxygen atoms in total. The van der Waals surface area contributed by atoms with Crippen molar-refractivity contribution < 1.29 is 175 Å². The molecule has 17 N–H and O–H groups in total. The van der Waals surface area contributed by atoms with Crippen LogP contribution >= 0.6 is 12.4 Å². The van der Waals surface area contributed by atoms with Crippen LogP contribution in [0.4, 0.5) is 0 Å². The van der Waals surface area contributed by atoms with Gasteiger partial charge in [-0.15, -0.1) is 12.4 Å². The van der Waals surface area contributed by atoms with Gasteiger partial charge >= 0.3 is 102 Å². The van der Waals surface area contributed by atoms with Crippen molar-refractivity contribution in [3.63, 3.8) is 0 Å². The van der Waals surface area contributed by atoms with E-state index in [9.17, 15) is 0 Å². The third-order valence-electron chi connectivity index (χ3n) is 1.25. The molecule has 0 heterocycles. The number of hydrogen-bond acceptors (Lipinski definition) is 8. The van der Waals surface area contributed by atoms with Gasteiger partial charge in [0.15, 0.2) is 0 Å². The van der Waals surface area contributed by atoms with Crippen LogP contribution in [0.1, 0.15) is 0 Å². The summed E-state index contributed by atoms with van der Waals surface area (Å²) in [6, 6.07) is 0. The van der Waals surface area contributed by atoms with E-state index in [1.165, 1.54) is 4.91 Å². The van der Waals surface area contributed by atoms with Crippen molar-refractivity contribution in [2.45, 2.75) is 0 Å². The van der Waals surface area contributed by atoms with E-state index in [2.05, 4.69) is 0 Å². The number of halogens is 3. The standard InChI is InChI=1S/C6H15NO3.3ClH.Mg.N3.2Na.H2O4S.7H2O.Zn/c8-4-1-7(2-5-9)3-6-10;;;;;1-3-2;;;1-5(2,3)4;;;;;;;;/h8-10H,1-6H2;3*1H;;;;;(H2,1,2,3,4);7*1H2;/q;;;;+2;-1;2*+1;;;;;;;;;+2/p-4. The van der Waals surface area contributed by atoms with E-state index < -0.39 is 10.4 Å². The maximum Gasteiger partial charge on any atom is 2.00 e. The summed E-state index contributed by atoms with van der Waals surface area (Å²) in [5.74, 6) is 0. The second-order valence-corrected chi connectivity index (χ2v) is 3.33. The van der Waals surface area contributed by atoms with Crippen molar-refractivity contribution in [2.75, 3.05) is 39.5 Å². The van der Waals surface area contributed by atoms with Gasteiger partial charge in [-0.2, -0.15) is 0 Å². The third kappa shape index (κ3) is 235. The molecule has 0 spiro atoms. The summed E-state index contributed by atoms with van der Waals surface area (Å²) in [4.78, 5) is 3.29. The van der Waals surface area contributed by atoms with Crippen LogP contribution in [-0.4, -0.2) is 139 Å². The smallest absolute Gasteiger partial charge is 1.00 e. The van der Waals surface area contributed by atoms with Gasteiger partial charge in [-0.1, -0.05) is 0 Å². The minimum atomic E-state index is -5.17. The second kappa shape index (κ2) is 103. The van der Waals surface area contributed by atoms with Gasteiger partial charge in [0.1, 0.15) is 0 Å². The predicted octanol–water partition coefficient (Wildman–Crippen LogP) is -19.9. The second-order valence-electron chi connectivity index (χ2n) is 2.51. The van der Waals surface area contributed by atoms with Crippen LogP contribution in [0.15, 0.2) is 0 Å². The molecule has 0 radical (unpaired) electrons. The summed E-state index contributed by atoms with van der Waals surface area (Å²) in [7, 11) is -5.17. The van der Waals surface area contributed by atoms with Gasteiger partial charge in [-0.25, -0.2) is 0 Å². The maximum atomic E-state index is 8.52. The number of aliphatic hydroxyl groups excluding tert-OH is 3. The first-order valence-electron chi connectivity index (χ1n) is 4.46. The molecule has 0 saturated carbocycles. The first kappa shape index (κ1) is 125. The van der Waals surface area contributed by atoms with Crippen molar-refractivity contribution >= 4 is 45.9 Å². The van der Waals surface area contributed by atoms with Crippen LogP contribution in [0, 0.1) is 0 Å². The van der Waals surface area contributed by atoms with Gasteiger partial charge < -0.3 is 98.6 Å². The van der Waals surface area contributed by atoms with Gasteiger partial charge in [0, 0.05) is 30.0 Å². The molecule has 0 aromatic carbocycles. The minimum Gasteiger partial charge on any atom is -1.00 e. The fourth-order valence-electron chi connectivity index (χ4n) is 0.760. The van der Waals surface area contributed by atoms with Crippen molar-refractivity contribution in [2.24, 2.45) is 0 Å². The van der Waals surface area contributed by atoms with Crippen LogP contribution in [0.2, 0.25) is 0 Å². The first-order chi connectivity index (χ1) is 8.26. The largest absolute Gasteiger partial charge is 2.00 e. The van der Waals surface area contributed by atoms with Crippen LogP contribution < -0.4 is 83.9 Å². The topological polar surface area (TPSA) is 423 Å². The number of aliphatic hydroxyl groups is 3. The molecular weight excluding hydrogens is 626 g/mol. The molecular formula is C6H30Cl3MgN4Na2O14SZn+. The fourth-order valence-corrected chi connectivity index (χ4v) is 0.760. The summed E-state index contributed by atoms with van der Waals surface area (Å²) < 4.78 is 34.1. The van der Waals surface area contributed by atoms with E-state index >= 15 is 0 Å². The molecule has 0 bridgehead atoms. The van der Waals surface area contributed by atoms with Gasteiger partial charge in [0.05, 0.1) is 19.8 Å². The molecule has 0 atom stereocenters. The van der Waals surface area contributed by atoms with E-state index in [1.54, 1.807) is 4.90 Å². The van der Waals surface area contributed by atoms with E-state index in [0.717, 1.165) is 0 Å². The molecule has 0 rings (SSSR count). The van der Waals surface area contributed by atoms with E-state index in [0.29, 0.717) is 19.6 Å². The molecule has 0 aromatic heterocycles. The zero-order valence-electron chi connectivity index (χ0n) is 17.5. The Hall–Kier alpha value is 3.00. The Morgan fingerprint density at radius 3 is 0.875 bits per heavy atom.